The first kappa shape index (κ1) is 15.3. The molecule has 0 atom stereocenters. The number of halogens is 1. The van der Waals surface area contributed by atoms with Gasteiger partial charge in [0.05, 0.1) is 10.7 Å². The minimum absolute atomic E-state index is 0.0610. The third-order valence-corrected chi connectivity index (χ3v) is 3.65. The lowest BCUT2D eigenvalue weighted by molar-refractivity contribution is 0.477. The van der Waals surface area contributed by atoms with Crippen LogP contribution in [0, 0.1) is 0 Å². The molecule has 3 rings (SSSR count). The minimum atomic E-state index is 0.0610. The lowest BCUT2D eigenvalue weighted by Crippen LogP contribution is -2.00. The average Bonchev–Trinajstić information content (AvgIpc) is 2.57. The van der Waals surface area contributed by atoms with Gasteiger partial charge in [0.2, 0.25) is 0 Å². The van der Waals surface area contributed by atoms with E-state index in [4.69, 9.17) is 16.3 Å². The zero-order chi connectivity index (χ0) is 16.1. The molecule has 3 aromatic rings. The van der Waals surface area contributed by atoms with Gasteiger partial charge in [0.25, 0.3) is 0 Å². The summed E-state index contributed by atoms with van der Waals surface area (Å²) < 4.78 is 5.82. The van der Waals surface area contributed by atoms with Crippen molar-refractivity contribution in [2.75, 3.05) is 5.32 Å². The van der Waals surface area contributed by atoms with Crippen LogP contribution in [-0.4, -0.2) is 5.11 Å². The van der Waals surface area contributed by atoms with E-state index in [0.717, 1.165) is 17.1 Å². The van der Waals surface area contributed by atoms with Crippen LogP contribution in [0.15, 0.2) is 72.8 Å². The Kier molecular flexibility index (Phi) is 4.69. The lowest BCUT2D eigenvalue weighted by Gasteiger charge is -2.11. The largest absolute Gasteiger partial charge is 0.504 e. The third kappa shape index (κ3) is 3.96. The van der Waals surface area contributed by atoms with Crippen molar-refractivity contribution in [2.45, 2.75) is 6.54 Å². The SMILES string of the molecule is Oc1c(Cl)cccc1NCc1cccc(Oc2ccccc2)c1. The average molecular weight is 326 g/mol. The topological polar surface area (TPSA) is 41.5 Å². The van der Waals surface area contributed by atoms with E-state index in [-0.39, 0.29) is 5.75 Å². The van der Waals surface area contributed by atoms with Gasteiger partial charge in [-0.1, -0.05) is 48.0 Å². The molecule has 23 heavy (non-hydrogen) atoms. The molecule has 0 fully saturated rings. The Morgan fingerprint density at radius 3 is 2.43 bits per heavy atom. The molecule has 0 aliphatic carbocycles. The van der Waals surface area contributed by atoms with Crippen molar-refractivity contribution in [3.05, 3.63) is 83.4 Å². The van der Waals surface area contributed by atoms with Crippen LogP contribution in [0.4, 0.5) is 5.69 Å². The molecule has 0 spiro atoms. The Morgan fingerprint density at radius 2 is 1.61 bits per heavy atom. The number of benzene rings is 3. The number of phenols is 1. The van der Waals surface area contributed by atoms with Gasteiger partial charge in [0.1, 0.15) is 11.5 Å². The zero-order valence-electron chi connectivity index (χ0n) is 12.4. The number of nitrogens with one attached hydrogen (secondary N) is 1. The number of anilines is 1. The van der Waals surface area contributed by atoms with Crippen LogP contribution < -0.4 is 10.1 Å². The van der Waals surface area contributed by atoms with Gasteiger partial charge in [-0.2, -0.15) is 0 Å². The Bertz CT molecular complexity index is 790. The quantitative estimate of drug-likeness (QED) is 0.613. The highest BCUT2D eigenvalue weighted by molar-refractivity contribution is 6.32. The maximum atomic E-state index is 9.91. The smallest absolute Gasteiger partial charge is 0.157 e. The predicted molar refractivity (Wildman–Crippen MR) is 93.4 cm³/mol. The molecular weight excluding hydrogens is 310 g/mol. The van der Waals surface area contributed by atoms with Gasteiger partial charge in [-0.3, -0.25) is 0 Å². The standard InChI is InChI=1S/C19H16ClNO2/c20-17-10-5-11-18(19(17)22)21-13-14-6-4-9-16(12-14)23-15-7-2-1-3-8-15/h1-12,21-22H,13H2. The summed E-state index contributed by atoms with van der Waals surface area (Å²) in [6.45, 7) is 0.555. The second-order valence-corrected chi connectivity index (χ2v) is 5.46. The highest BCUT2D eigenvalue weighted by Crippen LogP contribution is 2.31. The summed E-state index contributed by atoms with van der Waals surface area (Å²) in [6, 6.07) is 22.7. The first-order chi connectivity index (χ1) is 11.2. The predicted octanol–water partition coefficient (Wildman–Crippen LogP) is 5.45. The molecule has 116 valence electrons. The Labute approximate surface area is 140 Å². The molecule has 0 bridgehead atoms. The van der Waals surface area contributed by atoms with Crippen LogP contribution in [0.5, 0.6) is 17.2 Å². The number of phenolic OH excluding ortho intramolecular Hbond substituents is 1. The maximum Gasteiger partial charge on any atom is 0.157 e. The van der Waals surface area contributed by atoms with Crippen LogP contribution in [0.2, 0.25) is 5.02 Å². The highest BCUT2D eigenvalue weighted by atomic mass is 35.5. The van der Waals surface area contributed by atoms with Crippen LogP contribution in [0.3, 0.4) is 0 Å². The monoisotopic (exact) mass is 325 g/mol. The normalized spacial score (nSPS) is 10.3. The van der Waals surface area contributed by atoms with Crippen LogP contribution in [0.1, 0.15) is 5.56 Å². The molecule has 0 aromatic heterocycles. The molecule has 0 unspecified atom stereocenters. The van der Waals surface area contributed by atoms with Crippen molar-refractivity contribution >= 4 is 17.3 Å². The number of hydrogen-bond acceptors (Lipinski definition) is 3. The summed E-state index contributed by atoms with van der Waals surface area (Å²) >= 11 is 5.90. The Balaban J connectivity index is 1.69. The number of aromatic hydroxyl groups is 1. The molecule has 4 heteroatoms. The molecule has 3 aromatic carbocycles. The molecule has 2 N–H and O–H groups in total. The number of ether oxygens (including phenoxy) is 1. The maximum absolute atomic E-state index is 9.91. The molecule has 3 nitrogen and oxygen atoms in total. The fourth-order valence-electron chi connectivity index (χ4n) is 2.20. The van der Waals surface area contributed by atoms with Gasteiger partial charge in [0, 0.05) is 6.54 Å². The molecule has 0 amide bonds. The second-order valence-electron chi connectivity index (χ2n) is 5.05. The van der Waals surface area contributed by atoms with Crippen molar-refractivity contribution in [3.63, 3.8) is 0 Å². The summed E-state index contributed by atoms with van der Waals surface area (Å²) in [5.74, 6) is 1.63. The van der Waals surface area contributed by atoms with Gasteiger partial charge >= 0.3 is 0 Å². The molecule has 0 heterocycles. The number of hydrogen-bond donors (Lipinski definition) is 2. The Morgan fingerprint density at radius 1 is 0.870 bits per heavy atom. The molecule has 0 saturated carbocycles. The first-order valence-corrected chi connectivity index (χ1v) is 7.63. The van der Waals surface area contributed by atoms with Crippen molar-refractivity contribution in [1.82, 2.24) is 0 Å². The molecular formula is C19H16ClNO2. The summed E-state index contributed by atoms with van der Waals surface area (Å²) in [6.07, 6.45) is 0. The fraction of sp³-hybridized carbons (Fsp3) is 0.0526. The van der Waals surface area contributed by atoms with E-state index >= 15 is 0 Å². The van der Waals surface area contributed by atoms with Gasteiger partial charge in [-0.15, -0.1) is 0 Å². The number of rotatable bonds is 5. The van der Waals surface area contributed by atoms with E-state index in [1.54, 1.807) is 18.2 Å². The summed E-state index contributed by atoms with van der Waals surface area (Å²) in [7, 11) is 0. The summed E-state index contributed by atoms with van der Waals surface area (Å²) in [4.78, 5) is 0. The lowest BCUT2D eigenvalue weighted by atomic mass is 10.2. The van der Waals surface area contributed by atoms with Crippen LogP contribution in [-0.2, 0) is 6.54 Å². The van der Waals surface area contributed by atoms with E-state index in [1.165, 1.54) is 0 Å². The fourth-order valence-corrected chi connectivity index (χ4v) is 2.37. The van der Waals surface area contributed by atoms with Gasteiger partial charge < -0.3 is 15.2 Å². The molecule has 0 radical (unpaired) electrons. The van der Waals surface area contributed by atoms with Crippen molar-refractivity contribution in [1.29, 1.82) is 0 Å². The highest BCUT2D eigenvalue weighted by Gasteiger charge is 2.05. The summed E-state index contributed by atoms with van der Waals surface area (Å²) in [5.41, 5.74) is 1.64. The van der Waals surface area contributed by atoms with E-state index < -0.39 is 0 Å². The van der Waals surface area contributed by atoms with E-state index in [1.807, 2.05) is 54.6 Å². The van der Waals surface area contributed by atoms with E-state index in [0.29, 0.717) is 17.3 Å². The van der Waals surface area contributed by atoms with Gasteiger partial charge in [-0.25, -0.2) is 0 Å². The van der Waals surface area contributed by atoms with Crippen molar-refractivity contribution < 1.29 is 9.84 Å². The van der Waals surface area contributed by atoms with E-state index in [2.05, 4.69) is 5.32 Å². The minimum Gasteiger partial charge on any atom is -0.504 e. The van der Waals surface area contributed by atoms with Gasteiger partial charge in [-0.05, 0) is 42.0 Å². The zero-order valence-corrected chi connectivity index (χ0v) is 13.1. The summed E-state index contributed by atoms with van der Waals surface area (Å²) in [5, 5.41) is 13.4. The van der Waals surface area contributed by atoms with Crippen molar-refractivity contribution in [3.8, 4) is 17.2 Å². The van der Waals surface area contributed by atoms with E-state index in [9.17, 15) is 5.11 Å². The van der Waals surface area contributed by atoms with Gasteiger partial charge in [0.15, 0.2) is 5.75 Å². The second kappa shape index (κ2) is 7.07. The Hall–Kier alpha value is -2.65. The molecule has 0 saturated heterocycles. The first-order valence-electron chi connectivity index (χ1n) is 7.25. The molecule has 0 aliphatic rings. The van der Waals surface area contributed by atoms with Crippen LogP contribution >= 0.6 is 11.6 Å². The third-order valence-electron chi connectivity index (χ3n) is 3.35. The van der Waals surface area contributed by atoms with Crippen LogP contribution in [0.25, 0.3) is 0 Å². The van der Waals surface area contributed by atoms with Crippen molar-refractivity contribution in [2.24, 2.45) is 0 Å². The number of para-hydroxylation sites is 2. The molecule has 0 aliphatic heterocycles.